The van der Waals surface area contributed by atoms with Gasteiger partial charge < -0.3 is 4.74 Å². The molecule has 4 nitrogen and oxygen atoms in total. The van der Waals surface area contributed by atoms with E-state index in [4.69, 9.17) is 4.74 Å². The Morgan fingerprint density at radius 1 is 1.22 bits per heavy atom. The van der Waals surface area contributed by atoms with Crippen molar-refractivity contribution >= 4 is 27.7 Å². The van der Waals surface area contributed by atoms with Gasteiger partial charge in [-0.25, -0.2) is 0 Å². The number of para-hydroxylation sites is 1. The monoisotopic (exact) mass is 443 g/mol. The Bertz CT molecular complexity index is 925. The molecule has 27 heavy (non-hydrogen) atoms. The molecule has 0 aliphatic carbocycles. The van der Waals surface area contributed by atoms with Gasteiger partial charge in [-0.15, -0.1) is 16.8 Å². The zero-order chi connectivity index (χ0) is 19.2. The third kappa shape index (κ3) is 5.02. The molecule has 0 fully saturated rings. The van der Waals surface area contributed by atoms with E-state index in [0.717, 1.165) is 32.5 Å². The Balaban J connectivity index is 1.77. The lowest BCUT2D eigenvalue weighted by atomic mass is 10.2. The highest BCUT2D eigenvalue weighted by Crippen LogP contribution is 2.28. The van der Waals surface area contributed by atoms with E-state index < -0.39 is 0 Å². The fraction of sp³-hybridized carbons (Fsp3) is 0.238. The molecule has 1 aromatic heterocycles. The van der Waals surface area contributed by atoms with Crippen LogP contribution in [0.1, 0.15) is 30.0 Å². The summed E-state index contributed by atoms with van der Waals surface area (Å²) in [6, 6.07) is 16.3. The largest absolute Gasteiger partial charge is 0.482 e. The maximum absolute atomic E-state index is 6.14. The molecule has 3 aromatic rings. The fourth-order valence-corrected chi connectivity index (χ4v) is 4.06. The van der Waals surface area contributed by atoms with Crippen LogP contribution < -0.4 is 4.74 Å². The highest BCUT2D eigenvalue weighted by molar-refractivity contribution is 9.10. The van der Waals surface area contributed by atoms with Crippen molar-refractivity contribution in [3.05, 3.63) is 82.6 Å². The van der Waals surface area contributed by atoms with Gasteiger partial charge in [-0.3, -0.25) is 4.57 Å². The van der Waals surface area contributed by atoms with Crippen LogP contribution >= 0.6 is 27.7 Å². The number of ether oxygens (including phenoxy) is 1. The molecule has 0 N–H and O–H groups in total. The summed E-state index contributed by atoms with van der Waals surface area (Å²) in [5, 5.41) is 9.66. The van der Waals surface area contributed by atoms with Crippen LogP contribution in [0.2, 0.25) is 0 Å². The summed E-state index contributed by atoms with van der Waals surface area (Å²) in [6.45, 7) is 8.55. The number of allylic oxidation sites excluding steroid dienone is 1. The Morgan fingerprint density at radius 2 is 2.04 bits per heavy atom. The predicted octanol–water partition coefficient (Wildman–Crippen LogP) is 5.97. The van der Waals surface area contributed by atoms with Gasteiger partial charge in [0, 0.05) is 16.8 Å². The zero-order valence-electron chi connectivity index (χ0n) is 15.4. The molecule has 2 aromatic carbocycles. The maximum Gasteiger partial charge on any atom is 0.191 e. The van der Waals surface area contributed by atoms with E-state index in [1.165, 1.54) is 5.56 Å². The molecule has 0 bridgehead atoms. The summed E-state index contributed by atoms with van der Waals surface area (Å²) >= 11 is 5.18. The van der Waals surface area contributed by atoms with Crippen molar-refractivity contribution in [3.8, 4) is 5.75 Å². The molecule has 1 atom stereocenters. The van der Waals surface area contributed by atoms with Crippen LogP contribution in [-0.2, 0) is 12.3 Å². The number of rotatable bonds is 8. The van der Waals surface area contributed by atoms with Crippen molar-refractivity contribution in [2.75, 3.05) is 0 Å². The molecule has 0 amide bonds. The van der Waals surface area contributed by atoms with Crippen LogP contribution in [0.4, 0.5) is 0 Å². The first-order valence-electron chi connectivity index (χ1n) is 8.72. The second kappa shape index (κ2) is 9.24. The van der Waals surface area contributed by atoms with Crippen LogP contribution in [0.25, 0.3) is 0 Å². The molecule has 0 saturated carbocycles. The fourth-order valence-electron chi connectivity index (χ4n) is 2.71. The molecular formula is C21H22BrN3OS. The van der Waals surface area contributed by atoms with Gasteiger partial charge in [-0.05, 0) is 43.2 Å². The van der Waals surface area contributed by atoms with Crippen molar-refractivity contribution < 1.29 is 4.74 Å². The molecule has 3 rings (SSSR count). The van der Waals surface area contributed by atoms with Gasteiger partial charge in [0.15, 0.2) is 17.1 Å². The van der Waals surface area contributed by atoms with Gasteiger partial charge in [-0.2, -0.15) is 0 Å². The molecular weight excluding hydrogens is 422 g/mol. The zero-order valence-corrected chi connectivity index (χ0v) is 17.8. The molecule has 0 saturated heterocycles. The first-order chi connectivity index (χ1) is 13.1. The van der Waals surface area contributed by atoms with Crippen LogP contribution in [0, 0.1) is 6.92 Å². The quantitative estimate of drug-likeness (QED) is 0.317. The number of hydrogen-bond donors (Lipinski definition) is 0. The molecule has 0 aliphatic heterocycles. The van der Waals surface area contributed by atoms with E-state index in [1.54, 1.807) is 11.8 Å². The van der Waals surface area contributed by atoms with Crippen molar-refractivity contribution in [2.45, 2.75) is 37.4 Å². The Kier molecular flexibility index (Phi) is 6.74. The van der Waals surface area contributed by atoms with Crippen LogP contribution in [0.5, 0.6) is 5.75 Å². The Hall–Kier alpha value is -2.05. The van der Waals surface area contributed by atoms with Crippen LogP contribution in [0.15, 0.2) is 70.8 Å². The van der Waals surface area contributed by atoms with Gasteiger partial charge in [-0.1, -0.05) is 64.1 Å². The minimum Gasteiger partial charge on any atom is -0.482 e. The lowest BCUT2D eigenvalue weighted by molar-refractivity contribution is 0.209. The van der Waals surface area contributed by atoms with E-state index in [9.17, 15) is 0 Å². The molecule has 0 radical (unpaired) electrons. The van der Waals surface area contributed by atoms with E-state index in [0.29, 0.717) is 6.54 Å². The summed E-state index contributed by atoms with van der Waals surface area (Å²) in [6.07, 6.45) is 1.65. The number of halogens is 1. The standard InChI is InChI=1S/C21H22BrN3OS/c1-4-12-25-20(16(3)26-19-11-6-5-8-15(19)2)23-24-21(25)27-14-17-9-7-10-18(22)13-17/h4-11,13,16H,1,12,14H2,2-3H3. The van der Waals surface area contributed by atoms with E-state index >= 15 is 0 Å². The van der Waals surface area contributed by atoms with Gasteiger partial charge >= 0.3 is 0 Å². The average Bonchev–Trinajstić information content (AvgIpc) is 3.05. The summed E-state index contributed by atoms with van der Waals surface area (Å²) in [4.78, 5) is 0. The number of hydrogen-bond acceptors (Lipinski definition) is 4. The topological polar surface area (TPSA) is 39.9 Å². The van der Waals surface area contributed by atoms with Crippen LogP contribution in [0.3, 0.4) is 0 Å². The van der Waals surface area contributed by atoms with Gasteiger partial charge in [0.05, 0.1) is 0 Å². The van der Waals surface area contributed by atoms with Crippen molar-refractivity contribution in [1.29, 1.82) is 0 Å². The summed E-state index contributed by atoms with van der Waals surface area (Å²) in [5.41, 5.74) is 2.33. The molecule has 140 valence electrons. The minimum absolute atomic E-state index is 0.209. The van der Waals surface area contributed by atoms with Crippen molar-refractivity contribution in [1.82, 2.24) is 14.8 Å². The first kappa shape index (κ1) is 19.7. The van der Waals surface area contributed by atoms with Crippen molar-refractivity contribution in [3.63, 3.8) is 0 Å². The number of nitrogens with zero attached hydrogens (tertiary/aromatic N) is 3. The Morgan fingerprint density at radius 3 is 2.78 bits per heavy atom. The summed E-state index contributed by atoms with van der Waals surface area (Å²) in [5.74, 6) is 2.48. The number of aryl methyl sites for hydroxylation is 1. The second-order valence-electron chi connectivity index (χ2n) is 6.18. The van der Waals surface area contributed by atoms with Gasteiger partial charge in [0.2, 0.25) is 0 Å². The average molecular weight is 444 g/mol. The Labute approximate surface area is 172 Å². The van der Waals surface area contributed by atoms with Gasteiger partial charge in [0.1, 0.15) is 5.75 Å². The smallest absolute Gasteiger partial charge is 0.191 e. The van der Waals surface area contributed by atoms with Crippen molar-refractivity contribution in [2.24, 2.45) is 0 Å². The third-order valence-electron chi connectivity index (χ3n) is 4.08. The predicted molar refractivity (Wildman–Crippen MR) is 114 cm³/mol. The molecule has 6 heteroatoms. The number of thioether (sulfide) groups is 1. The van der Waals surface area contributed by atoms with E-state index in [2.05, 4.69) is 49.4 Å². The summed E-state index contributed by atoms with van der Waals surface area (Å²) in [7, 11) is 0. The lowest BCUT2D eigenvalue weighted by Gasteiger charge is -2.17. The highest BCUT2D eigenvalue weighted by atomic mass is 79.9. The molecule has 1 heterocycles. The van der Waals surface area contributed by atoms with E-state index in [1.807, 2.05) is 56.3 Å². The third-order valence-corrected chi connectivity index (χ3v) is 5.61. The van der Waals surface area contributed by atoms with Gasteiger partial charge in [0.25, 0.3) is 0 Å². The van der Waals surface area contributed by atoms with Crippen LogP contribution in [-0.4, -0.2) is 14.8 Å². The normalized spacial score (nSPS) is 12.0. The number of aromatic nitrogens is 3. The molecule has 1 unspecified atom stereocenters. The maximum atomic E-state index is 6.14. The first-order valence-corrected chi connectivity index (χ1v) is 10.5. The lowest BCUT2D eigenvalue weighted by Crippen LogP contribution is -2.12. The SMILES string of the molecule is C=CCn1c(SCc2cccc(Br)c2)nnc1C(C)Oc1ccccc1C. The second-order valence-corrected chi connectivity index (χ2v) is 8.04. The highest BCUT2D eigenvalue weighted by Gasteiger charge is 2.19. The number of benzene rings is 2. The van der Waals surface area contributed by atoms with E-state index in [-0.39, 0.29) is 6.10 Å². The molecule has 0 aliphatic rings. The minimum atomic E-state index is -0.209. The summed E-state index contributed by atoms with van der Waals surface area (Å²) < 4.78 is 9.28. The molecule has 0 spiro atoms.